The quantitative estimate of drug-likeness (QED) is 0.697. The third-order valence-corrected chi connectivity index (χ3v) is 4.02. The number of hydrogen-bond donors (Lipinski definition) is 3. The monoisotopic (exact) mass is 261 g/mol. The van der Waals surface area contributed by atoms with E-state index in [1.54, 1.807) is 0 Å². The summed E-state index contributed by atoms with van der Waals surface area (Å²) in [4.78, 5) is 13.6. The average molecular weight is 261 g/mol. The normalized spacial score (nSPS) is 22.3. The molecule has 1 unspecified atom stereocenters. The van der Waals surface area contributed by atoms with Crippen molar-refractivity contribution in [2.45, 2.75) is 31.7 Å². The van der Waals surface area contributed by atoms with Crippen LogP contribution in [0.15, 0.2) is 12.1 Å². The van der Waals surface area contributed by atoms with Gasteiger partial charge in [0.1, 0.15) is 0 Å². The van der Waals surface area contributed by atoms with Crippen molar-refractivity contribution in [3.05, 3.63) is 17.7 Å². The van der Waals surface area contributed by atoms with Crippen LogP contribution in [0.3, 0.4) is 0 Å². The van der Waals surface area contributed by atoms with Crippen molar-refractivity contribution in [1.82, 2.24) is 0 Å². The lowest BCUT2D eigenvalue weighted by atomic mass is 10.0. The molecule has 1 amide bonds. The zero-order valence-electron chi connectivity index (χ0n) is 10.9. The first-order valence-corrected chi connectivity index (χ1v) is 6.79. The number of benzene rings is 1. The lowest BCUT2D eigenvalue weighted by Crippen LogP contribution is -2.42. The first-order chi connectivity index (χ1) is 9.19. The Balaban J connectivity index is 1.96. The zero-order chi connectivity index (χ0) is 13.4. The van der Waals surface area contributed by atoms with Crippen molar-refractivity contribution >= 4 is 23.0 Å². The Labute approximate surface area is 112 Å². The number of nitrogen functional groups attached to an aromatic ring is 1. The van der Waals surface area contributed by atoms with E-state index in [1.165, 1.54) is 0 Å². The molecule has 0 aromatic heterocycles. The lowest BCUT2D eigenvalue weighted by Gasteiger charge is -2.37. The van der Waals surface area contributed by atoms with Crippen molar-refractivity contribution in [3.8, 4) is 0 Å². The van der Waals surface area contributed by atoms with Gasteiger partial charge in [0.2, 0.25) is 5.91 Å². The van der Waals surface area contributed by atoms with E-state index >= 15 is 0 Å². The molecule has 0 radical (unpaired) electrons. The Morgan fingerprint density at radius 2 is 2.26 bits per heavy atom. The fourth-order valence-corrected chi connectivity index (χ4v) is 3.04. The molecule has 19 heavy (non-hydrogen) atoms. The molecule has 2 aliphatic heterocycles. The summed E-state index contributed by atoms with van der Waals surface area (Å²) in [5.74, 6) is 0.0175. The summed E-state index contributed by atoms with van der Waals surface area (Å²) in [6, 6.07) is 3.96. The van der Waals surface area contributed by atoms with Gasteiger partial charge in [-0.25, -0.2) is 0 Å². The molecule has 5 nitrogen and oxygen atoms in total. The third-order valence-electron chi connectivity index (χ3n) is 4.02. The van der Waals surface area contributed by atoms with Crippen molar-refractivity contribution in [2.24, 2.45) is 0 Å². The Morgan fingerprint density at radius 3 is 3.05 bits per heavy atom. The zero-order valence-corrected chi connectivity index (χ0v) is 10.9. The van der Waals surface area contributed by atoms with Crippen LogP contribution in [-0.4, -0.2) is 30.2 Å². The van der Waals surface area contributed by atoms with Crippen molar-refractivity contribution in [1.29, 1.82) is 0 Å². The van der Waals surface area contributed by atoms with Crippen LogP contribution in [0.5, 0.6) is 0 Å². The number of fused-ring (bicyclic) bond motifs is 1. The number of amides is 1. The van der Waals surface area contributed by atoms with Gasteiger partial charge in [0.25, 0.3) is 0 Å². The number of aliphatic hydroxyl groups excluding tert-OH is 1. The van der Waals surface area contributed by atoms with Gasteiger partial charge < -0.3 is 21.1 Å². The van der Waals surface area contributed by atoms with Gasteiger partial charge >= 0.3 is 0 Å². The van der Waals surface area contributed by atoms with Gasteiger partial charge in [-0.15, -0.1) is 0 Å². The molecular formula is C14H19N3O2. The second-order valence-corrected chi connectivity index (χ2v) is 5.32. The van der Waals surface area contributed by atoms with E-state index in [4.69, 9.17) is 5.73 Å². The van der Waals surface area contributed by atoms with Gasteiger partial charge in [0.15, 0.2) is 0 Å². The van der Waals surface area contributed by atoms with E-state index in [0.29, 0.717) is 12.1 Å². The number of aliphatic hydroxyl groups is 1. The number of carbonyl (C=O) groups excluding carboxylic acids is 1. The molecule has 0 bridgehead atoms. The third kappa shape index (κ3) is 2.14. The molecule has 4 N–H and O–H groups in total. The SMILES string of the molecule is Nc1cc2c(cc1N1CCCCC1CO)NC(=O)C2. The summed E-state index contributed by atoms with van der Waals surface area (Å²) in [6.45, 7) is 1.05. The highest BCUT2D eigenvalue weighted by Gasteiger charge is 2.26. The molecule has 2 aliphatic rings. The highest BCUT2D eigenvalue weighted by Crippen LogP contribution is 2.36. The predicted octanol–water partition coefficient (Wildman–Crippen LogP) is 1.11. The molecular weight excluding hydrogens is 242 g/mol. The van der Waals surface area contributed by atoms with E-state index in [1.807, 2.05) is 12.1 Å². The minimum absolute atomic E-state index is 0.0175. The standard InChI is InChI=1S/C14H19N3O2/c15-11-5-9-6-14(19)16-12(9)7-13(11)17-4-2-1-3-10(17)8-18/h5,7,10,18H,1-4,6,8,15H2,(H,16,19). The summed E-state index contributed by atoms with van der Waals surface area (Å²) in [7, 11) is 0. The minimum Gasteiger partial charge on any atom is -0.397 e. The van der Waals surface area contributed by atoms with Gasteiger partial charge in [-0.1, -0.05) is 0 Å². The van der Waals surface area contributed by atoms with Gasteiger partial charge in [-0.2, -0.15) is 0 Å². The number of hydrogen-bond acceptors (Lipinski definition) is 4. The lowest BCUT2D eigenvalue weighted by molar-refractivity contribution is -0.115. The molecule has 0 spiro atoms. The summed E-state index contributed by atoms with van der Waals surface area (Å²) in [5.41, 5.74) is 9.56. The highest BCUT2D eigenvalue weighted by atomic mass is 16.3. The average Bonchev–Trinajstić information content (AvgIpc) is 2.77. The number of carbonyl (C=O) groups is 1. The van der Waals surface area contributed by atoms with Crippen LogP contribution < -0.4 is 16.0 Å². The Kier molecular flexibility index (Phi) is 3.06. The van der Waals surface area contributed by atoms with Gasteiger partial charge in [-0.3, -0.25) is 4.79 Å². The fraction of sp³-hybridized carbons (Fsp3) is 0.500. The summed E-state index contributed by atoms with van der Waals surface area (Å²) >= 11 is 0. The molecule has 1 saturated heterocycles. The van der Waals surface area contributed by atoms with E-state index < -0.39 is 0 Å². The summed E-state index contributed by atoms with van der Waals surface area (Å²) < 4.78 is 0. The maximum absolute atomic E-state index is 11.4. The molecule has 0 aliphatic carbocycles. The number of nitrogens with zero attached hydrogens (tertiary/aromatic N) is 1. The fourth-order valence-electron chi connectivity index (χ4n) is 3.04. The summed E-state index contributed by atoms with van der Waals surface area (Å²) in [6.07, 6.45) is 3.64. The maximum Gasteiger partial charge on any atom is 0.228 e. The van der Waals surface area contributed by atoms with Crippen LogP contribution in [0.25, 0.3) is 0 Å². The molecule has 1 aromatic rings. The number of anilines is 3. The first kappa shape index (κ1) is 12.3. The largest absolute Gasteiger partial charge is 0.397 e. The molecule has 0 saturated carbocycles. The van der Waals surface area contributed by atoms with Gasteiger partial charge in [-0.05, 0) is 37.0 Å². The second-order valence-electron chi connectivity index (χ2n) is 5.32. The van der Waals surface area contributed by atoms with Gasteiger partial charge in [0, 0.05) is 12.2 Å². The van der Waals surface area contributed by atoms with Crippen LogP contribution in [0.2, 0.25) is 0 Å². The Morgan fingerprint density at radius 1 is 1.42 bits per heavy atom. The minimum atomic E-state index is 0.0175. The number of rotatable bonds is 2. The van der Waals surface area contributed by atoms with Crippen molar-refractivity contribution in [3.63, 3.8) is 0 Å². The van der Waals surface area contributed by atoms with E-state index in [2.05, 4.69) is 10.2 Å². The first-order valence-electron chi connectivity index (χ1n) is 6.79. The molecule has 1 aromatic carbocycles. The van der Waals surface area contributed by atoms with Crippen LogP contribution in [0.4, 0.5) is 17.1 Å². The van der Waals surface area contributed by atoms with Crippen LogP contribution in [0, 0.1) is 0 Å². The Bertz CT molecular complexity index is 516. The number of piperidine rings is 1. The smallest absolute Gasteiger partial charge is 0.228 e. The Hall–Kier alpha value is -1.75. The molecule has 3 rings (SSSR count). The van der Waals surface area contributed by atoms with Crippen LogP contribution in [0.1, 0.15) is 24.8 Å². The number of nitrogens with two attached hydrogens (primary N) is 1. The van der Waals surface area contributed by atoms with E-state index in [-0.39, 0.29) is 18.6 Å². The highest BCUT2D eigenvalue weighted by molar-refractivity contribution is 6.01. The summed E-state index contributed by atoms with van der Waals surface area (Å²) in [5, 5.41) is 12.4. The van der Waals surface area contributed by atoms with Crippen LogP contribution >= 0.6 is 0 Å². The molecule has 5 heteroatoms. The van der Waals surface area contributed by atoms with Crippen molar-refractivity contribution in [2.75, 3.05) is 29.1 Å². The van der Waals surface area contributed by atoms with Gasteiger partial charge in [0.05, 0.1) is 30.4 Å². The van der Waals surface area contributed by atoms with E-state index in [0.717, 1.165) is 42.7 Å². The second kappa shape index (κ2) is 4.74. The molecule has 1 atom stereocenters. The van der Waals surface area contributed by atoms with Crippen LogP contribution in [-0.2, 0) is 11.2 Å². The van der Waals surface area contributed by atoms with Crippen molar-refractivity contribution < 1.29 is 9.90 Å². The molecule has 102 valence electrons. The molecule has 2 heterocycles. The predicted molar refractivity (Wildman–Crippen MR) is 75.3 cm³/mol. The number of nitrogens with one attached hydrogen (secondary N) is 1. The maximum atomic E-state index is 11.4. The molecule has 1 fully saturated rings. The van der Waals surface area contributed by atoms with E-state index in [9.17, 15) is 9.90 Å². The topological polar surface area (TPSA) is 78.6 Å².